The van der Waals surface area contributed by atoms with Crippen LogP contribution in [0.3, 0.4) is 0 Å². The van der Waals surface area contributed by atoms with Gasteiger partial charge >= 0.3 is 0 Å². The van der Waals surface area contributed by atoms with Gasteiger partial charge in [0.2, 0.25) is 5.91 Å². The molecule has 0 spiro atoms. The topological polar surface area (TPSA) is 108 Å². The maximum absolute atomic E-state index is 12.4. The fraction of sp³-hybridized carbons (Fsp3) is 0.880. The van der Waals surface area contributed by atoms with Gasteiger partial charge in [0.25, 0.3) is 7.82 Å². The highest BCUT2D eigenvalue weighted by molar-refractivity contribution is 7.45. The minimum atomic E-state index is -4.54. The van der Waals surface area contributed by atoms with Gasteiger partial charge in [0.1, 0.15) is 13.2 Å². The summed E-state index contributed by atoms with van der Waals surface area (Å²) in [6.45, 7) is 4.42. The van der Waals surface area contributed by atoms with Gasteiger partial charge in [-0.2, -0.15) is 0 Å². The number of quaternary nitrogens is 1. The number of aliphatic hydroxyl groups excluding tert-OH is 1. The predicted octanol–water partition coefficient (Wildman–Crippen LogP) is 4.32. The van der Waals surface area contributed by atoms with Crippen molar-refractivity contribution in [1.82, 2.24) is 5.32 Å². The number of phosphoric ester groups is 1. The summed E-state index contributed by atoms with van der Waals surface area (Å²) in [4.78, 5) is 24.6. The molecule has 3 atom stereocenters. The zero-order valence-corrected chi connectivity index (χ0v) is 23.2. The normalized spacial score (nSPS) is 15.9. The molecule has 3 unspecified atom stereocenters. The molecule has 0 rings (SSSR count). The van der Waals surface area contributed by atoms with Crippen LogP contribution in [0.15, 0.2) is 12.2 Å². The average Bonchev–Trinajstić information content (AvgIpc) is 2.74. The summed E-state index contributed by atoms with van der Waals surface area (Å²) >= 11 is 0. The second-order valence-electron chi connectivity index (χ2n) is 10.0. The molecule has 34 heavy (non-hydrogen) atoms. The highest BCUT2D eigenvalue weighted by Crippen LogP contribution is 2.38. The van der Waals surface area contributed by atoms with Crippen molar-refractivity contribution in [1.29, 1.82) is 0 Å². The van der Waals surface area contributed by atoms with E-state index >= 15 is 0 Å². The number of hydrogen-bond acceptors (Lipinski definition) is 6. The summed E-state index contributed by atoms with van der Waals surface area (Å²) in [5.74, 6) is -0.215. The molecule has 0 heterocycles. The van der Waals surface area contributed by atoms with Crippen LogP contribution in [0.4, 0.5) is 0 Å². The molecular weight excluding hydrogens is 455 g/mol. The molecule has 0 aromatic rings. The number of nitrogens with one attached hydrogen (secondary N) is 1. The summed E-state index contributed by atoms with van der Waals surface area (Å²) in [5.41, 5.74) is 0. The van der Waals surface area contributed by atoms with E-state index in [1.54, 1.807) is 6.08 Å². The Morgan fingerprint density at radius 3 is 2.21 bits per heavy atom. The van der Waals surface area contributed by atoms with Crippen LogP contribution in [0.2, 0.25) is 0 Å². The predicted molar refractivity (Wildman–Crippen MR) is 136 cm³/mol. The van der Waals surface area contributed by atoms with Crippen molar-refractivity contribution in [2.75, 3.05) is 40.9 Å². The lowest BCUT2D eigenvalue weighted by Gasteiger charge is -2.29. The standard InChI is InChI=1S/C25H51N2O6P/c1-6-8-10-12-13-15-17-19-25(29)26-23(24(28)18-16-14-11-9-7-2)22-33-34(30,31)32-21-20-27(3,4)5/h16,18,23-24,28H,6-15,17,19-22H2,1-5H3,(H-,26,29,30,31)/b18-16+. The van der Waals surface area contributed by atoms with Crippen molar-refractivity contribution >= 4 is 13.7 Å². The van der Waals surface area contributed by atoms with E-state index in [0.717, 1.165) is 44.9 Å². The van der Waals surface area contributed by atoms with Gasteiger partial charge in [-0.05, 0) is 19.3 Å². The first-order chi connectivity index (χ1) is 16.0. The lowest BCUT2D eigenvalue weighted by Crippen LogP contribution is -2.45. The van der Waals surface area contributed by atoms with Crippen molar-refractivity contribution in [3.8, 4) is 0 Å². The van der Waals surface area contributed by atoms with Crippen LogP contribution in [0.25, 0.3) is 0 Å². The molecule has 0 aliphatic heterocycles. The Morgan fingerprint density at radius 2 is 1.59 bits per heavy atom. The Kier molecular flexibility index (Phi) is 19.0. The van der Waals surface area contributed by atoms with Crippen molar-refractivity contribution in [2.45, 2.75) is 103 Å². The van der Waals surface area contributed by atoms with Crippen LogP contribution < -0.4 is 10.2 Å². The molecule has 0 radical (unpaired) electrons. The third kappa shape index (κ3) is 20.6. The summed E-state index contributed by atoms with van der Waals surface area (Å²) in [5, 5.41) is 13.3. The van der Waals surface area contributed by atoms with Gasteiger partial charge in [-0.25, -0.2) is 0 Å². The maximum Gasteiger partial charge on any atom is 0.268 e. The lowest BCUT2D eigenvalue weighted by atomic mass is 10.1. The van der Waals surface area contributed by atoms with E-state index in [2.05, 4.69) is 19.2 Å². The van der Waals surface area contributed by atoms with Crippen LogP contribution in [-0.4, -0.2) is 68.5 Å². The molecular formula is C25H51N2O6P. The van der Waals surface area contributed by atoms with E-state index in [0.29, 0.717) is 17.4 Å². The smallest absolute Gasteiger partial charge is 0.268 e. The fourth-order valence-electron chi connectivity index (χ4n) is 3.26. The number of phosphoric acid groups is 1. The van der Waals surface area contributed by atoms with E-state index in [1.807, 2.05) is 27.2 Å². The number of amides is 1. The number of hydrogen-bond donors (Lipinski definition) is 2. The molecule has 0 aromatic heterocycles. The molecule has 8 nitrogen and oxygen atoms in total. The van der Waals surface area contributed by atoms with Crippen molar-refractivity contribution in [3.05, 3.63) is 12.2 Å². The van der Waals surface area contributed by atoms with Crippen LogP contribution in [0.5, 0.6) is 0 Å². The monoisotopic (exact) mass is 506 g/mol. The van der Waals surface area contributed by atoms with Crippen LogP contribution in [0.1, 0.15) is 90.9 Å². The zero-order valence-electron chi connectivity index (χ0n) is 22.3. The molecule has 0 bridgehead atoms. The fourth-order valence-corrected chi connectivity index (χ4v) is 3.99. The molecule has 0 aliphatic carbocycles. The second-order valence-corrected chi connectivity index (χ2v) is 11.5. The van der Waals surface area contributed by atoms with Gasteiger partial charge in [-0.1, -0.05) is 77.4 Å². The van der Waals surface area contributed by atoms with E-state index < -0.39 is 20.0 Å². The van der Waals surface area contributed by atoms with Gasteiger partial charge in [0, 0.05) is 6.42 Å². The SMILES string of the molecule is CCCCC/C=C/C(O)C(COP(=O)([O-])OCC[N+](C)(C)C)NC(=O)CCCCCCCCC. The van der Waals surface area contributed by atoms with E-state index in [1.165, 1.54) is 25.7 Å². The summed E-state index contributed by atoms with van der Waals surface area (Å²) < 4.78 is 22.7. The number of likely N-dealkylation sites (N-methyl/N-ethyl adjacent to an activating group) is 1. The molecule has 0 aromatic carbocycles. The first-order valence-corrected chi connectivity index (χ1v) is 14.5. The van der Waals surface area contributed by atoms with Crippen LogP contribution in [0, 0.1) is 0 Å². The number of aliphatic hydroxyl groups is 1. The van der Waals surface area contributed by atoms with Crippen LogP contribution >= 0.6 is 7.82 Å². The Bertz CT molecular complexity index is 594. The Labute approximate surface area is 208 Å². The largest absolute Gasteiger partial charge is 0.756 e. The van der Waals surface area contributed by atoms with Gasteiger partial charge in [0.15, 0.2) is 0 Å². The molecule has 1 amide bonds. The van der Waals surface area contributed by atoms with Crippen LogP contribution in [-0.2, 0) is 18.4 Å². The Balaban J connectivity index is 4.72. The van der Waals surface area contributed by atoms with E-state index in [-0.39, 0.29) is 19.1 Å². The molecule has 202 valence electrons. The molecule has 9 heteroatoms. The summed E-state index contributed by atoms with van der Waals surface area (Å²) in [6.07, 6.45) is 14.5. The molecule has 0 aliphatic rings. The van der Waals surface area contributed by atoms with E-state index in [9.17, 15) is 19.4 Å². The molecule has 0 saturated carbocycles. The summed E-state index contributed by atoms with van der Waals surface area (Å²) in [7, 11) is 1.25. The number of rotatable bonds is 22. The third-order valence-electron chi connectivity index (χ3n) is 5.50. The highest BCUT2D eigenvalue weighted by Gasteiger charge is 2.23. The quantitative estimate of drug-likeness (QED) is 0.0980. The van der Waals surface area contributed by atoms with E-state index in [4.69, 9.17) is 9.05 Å². The van der Waals surface area contributed by atoms with Crippen molar-refractivity contribution < 1.29 is 32.9 Å². The Hall–Kier alpha value is -0.760. The summed E-state index contributed by atoms with van der Waals surface area (Å²) in [6, 6.07) is -0.872. The first-order valence-electron chi connectivity index (χ1n) is 13.1. The number of nitrogens with zero attached hydrogens (tertiary/aromatic N) is 1. The number of carbonyl (C=O) groups is 1. The maximum atomic E-state index is 12.4. The highest BCUT2D eigenvalue weighted by atomic mass is 31.2. The third-order valence-corrected chi connectivity index (χ3v) is 6.46. The molecule has 0 fully saturated rings. The number of unbranched alkanes of at least 4 members (excludes halogenated alkanes) is 9. The van der Waals surface area contributed by atoms with Gasteiger partial charge in [0.05, 0.1) is 39.9 Å². The Morgan fingerprint density at radius 1 is 1.00 bits per heavy atom. The first kappa shape index (κ1) is 33.2. The van der Waals surface area contributed by atoms with Crippen molar-refractivity contribution in [3.63, 3.8) is 0 Å². The zero-order chi connectivity index (χ0) is 25.9. The minimum Gasteiger partial charge on any atom is -0.756 e. The molecule has 0 saturated heterocycles. The van der Waals surface area contributed by atoms with Gasteiger partial charge in [-0.15, -0.1) is 0 Å². The van der Waals surface area contributed by atoms with Crippen molar-refractivity contribution in [2.24, 2.45) is 0 Å². The molecule has 2 N–H and O–H groups in total. The van der Waals surface area contributed by atoms with Gasteiger partial charge < -0.3 is 28.8 Å². The number of allylic oxidation sites excluding steroid dienone is 1. The minimum absolute atomic E-state index is 0.000551. The lowest BCUT2D eigenvalue weighted by molar-refractivity contribution is -0.870. The van der Waals surface area contributed by atoms with Gasteiger partial charge in [-0.3, -0.25) is 9.36 Å². The average molecular weight is 507 g/mol. The second kappa shape index (κ2) is 19.4. The number of carbonyl (C=O) groups excluding carboxylic acids is 1.